The summed E-state index contributed by atoms with van der Waals surface area (Å²) in [6.07, 6.45) is 1.04. The van der Waals surface area contributed by atoms with Gasteiger partial charge in [0.25, 0.3) is 0 Å². The molecule has 0 amide bonds. The van der Waals surface area contributed by atoms with Crippen molar-refractivity contribution in [1.29, 1.82) is 0 Å². The van der Waals surface area contributed by atoms with E-state index < -0.39 is 10.8 Å². The van der Waals surface area contributed by atoms with Crippen molar-refractivity contribution in [2.75, 3.05) is 24.7 Å². The van der Waals surface area contributed by atoms with E-state index in [0.717, 1.165) is 18.6 Å². The molecule has 0 heterocycles. The number of benzene rings is 1. The van der Waals surface area contributed by atoms with E-state index in [0.29, 0.717) is 28.9 Å². The first-order valence-corrected chi connectivity index (χ1v) is 7.65. The molecule has 1 unspecified atom stereocenters. The second kappa shape index (κ2) is 7.54. The van der Waals surface area contributed by atoms with Gasteiger partial charge in [-0.2, -0.15) is 0 Å². The molecule has 0 fully saturated rings. The average molecular weight is 269 g/mol. The van der Waals surface area contributed by atoms with Gasteiger partial charge in [-0.05, 0) is 37.0 Å². The summed E-state index contributed by atoms with van der Waals surface area (Å²) in [5.74, 6) is 1.15. The van der Waals surface area contributed by atoms with E-state index in [4.69, 9.17) is 10.5 Å². The van der Waals surface area contributed by atoms with Gasteiger partial charge in [-0.25, -0.2) is 0 Å². The fourth-order valence-corrected chi connectivity index (χ4v) is 2.57. The average Bonchev–Trinajstić information content (AvgIpc) is 2.27. The van der Waals surface area contributed by atoms with Gasteiger partial charge >= 0.3 is 0 Å². The minimum absolute atomic E-state index is 0.505. The Balaban J connectivity index is 2.36. The van der Waals surface area contributed by atoms with Crippen LogP contribution in [0.2, 0.25) is 0 Å². The minimum Gasteiger partial charge on any atom is -0.398 e. The van der Waals surface area contributed by atoms with E-state index in [9.17, 15) is 4.21 Å². The molecular weight excluding hydrogens is 246 g/mol. The van der Waals surface area contributed by atoms with Crippen molar-refractivity contribution in [2.24, 2.45) is 5.92 Å². The lowest BCUT2D eigenvalue weighted by atomic mass is 10.1. The van der Waals surface area contributed by atoms with Crippen molar-refractivity contribution >= 4 is 16.5 Å². The Morgan fingerprint density at radius 2 is 2.06 bits per heavy atom. The summed E-state index contributed by atoms with van der Waals surface area (Å²) in [4.78, 5) is 0.716. The van der Waals surface area contributed by atoms with Gasteiger partial charge in [-0.3, -0.25) is 4.21 Å². The summed E-state index contributed by atoms with van der Waals surface area (Å²) < 4.78 is 17.5. The highest BCUT2D eigenvalue weighted by Gasteiger charge is 2.07. The largest absolute Gasteiger partial charge is 0.398 e. The second-order valence-corrected chi connectivity index (χ2v) is 6.42. The first-order chi connectivity index (χ1) is 8.50. The molecule has 0 bridgehead atoms. The molecule has 2 N–H and O–H groups in total. The maximum atomic E-state index is 12.0. The molecule has 1 aromatic rings. The summed E-state index contributed by atoms with van der Waals surface area (Å²) in [5.41, 5.74) is 7.55. The Bertz CT molecular complexity index is 405. The van der Waals surface area contributed by atoms with Gasteiger partial charge in [0, 0.05) is 12.3 Å². The van der Waals surface area contributed by atoms with Crippen molar-refractivity contribution < 1.29 is 8.95 Å². The van der Waals surface area contributed by atoms with Crippen LogP contribution in [0.25, 0.3) is 0 Å². The Morgan fingerprint density at radius 1 is 1.33 bits per heavy atom. The molecular formula is C14H23NO2S. The zero-order chi connectivity index (χ0) is 13.5. The molecule has 0 aliphatic rings. The smallest absolute Gasteiger partial charge is 0.0618 e. The van der Waals surface area contributed by atoms with Gasteiger partial charge < -0.3 is 10.5 Å². The predicted molar refractivity (Wildman–Crippen MR) is 77.1 cm³/mol. The molecule has 0 radical (unpaired) electrons. The lowest BCUT2D eigenvalue weighted by molar-refractivity contribution is 0.138. The zero-order valence-corrected chi connectivity index (χ0v) is 12.3. The summed E-state index contributed by atoms with van der Waals surface area (Å²) in [7, 11) is -1.07. The van der Waals surface area contributed by atoms with Gasteiger partial charge in [0.2, 0.25) is 0 Å². The van der Waals surface area contributed by atoms with E-state index in [2.05, 4.69) is 13.8 Å². The molecule has 0 saturated heterocycles. The normalized spacial score (nSPS) is 12.9. The number of aryl methyl sites for hydroxylation is 1. The first-order valence-electron chi connectivity index (χ1n) is 6.33. The quantitative estimate of drug-likeness (QED) is 0.611. The van der Waals surface area contributed by atoms with Crippen LogP contribution >= 0.6 is 0 Å². The Morgan fingerprint density at radius 3 is 2.67 bits per heavy atom. The van der Waals surface area contributed by atoms with Crippen LogP contribution < -0.4 is 5.73 Å². The van der Waals surface area contributed by atoms with Crippen molar-refractivity contribution in [3.63, 3.8) is 0 Å². The molecule has 0 spiro atoms. The van der Waals surface area contributed by atoms with E-state index in [-0.39, 0.29) is 0 Å². The number of anilines is 1. The Labute approximate surface area is 112 Å². The maximum absolute atomic E-state index is 12.0. The summed E-state index contributed by atoms with van der Waals surface area (Å²) in [6.45, 7) is 7.55. The topological polar surface area (TPSA) is 52.3 Å². The van der Waals surface area contributed by atoms with Crippen LogP contribution in [0.15, 0.2) is 23.1 Å². The van der Waals surface area contributed by atoms with Crippen LogP contribution in [0.3, 0.4) is 0 Å². The van der Waals surface area contributed by atoms with Crippen LogP contribution in [-0.4, -0.2) is 23.2 Å². The second-order valence-electron chi connectivity index (χ2n) is 4.89. The third kappa shape index (κ3) is 5.19. The van der Waals surface area contributed by atoms with Gasteiger partial charge in [-0.1, -0.05) is 19.9 Å². The summed E-state index contributed by atoms with van der Waals surface area (Å²) in [5, 5.41) is 0. The van der Waals surface area contributed by atoms with E-state index in [1.54, 1.807) is 0 Å². The maximum Gasteiger partial charge on any atom is 0.0618 e. The van der Waals surface area contributed by atoms with Gasteiger partial charge in [0.15, 0.2) is 0 Å². The number of hydrogen-bond acceptors (Lipinski definition) is 3. The van der Waals surface area contributed by atoms with Crippen LogP contribution in [-0.2, 0) is 15.5 Å². The standard InChI is InChI=1S/C14H23NO2S/c1-11(2)6-7-17-8-9-18(16)14-5-4-12(3)10-13(14)15/h4-5,10-11H,6-9,15H2,1-3H3. The van der Waals surface area contributed by atoms with Crippen LogP contribution in [0, 0.1) is 12.8 Å². The molecule has 0 saturated carbocycles. The Hall–Kier alpha value is -0.870. The molecule has 102 valence electrons. The molecule has 3 nitrogen and oxygen atoms in total. The number of ether oxygens (including phenoxy) is 1. The third-order valence-electron chi connectivity index (χ3n) is 2.66. The highest BCUT2D eigenvalue weighted by atomic mass is 32.2. The Kier molecular flexibility index (Phi) is 6.36. The molecule has 1 aromatic carbocycles. The zero-order valence-electron chi connectivity index (χ0n) is 11.4. The van der Waals surface area contributed by atoms with Crippen molar-refractivity contribution in [1.82, 2.24) is 0 Å². The van der Waals surface area contributed by atoms with E-state index >= 15 is 0 Å². The molecule has 1 rings (SSSR count). The molecule has 18 heavy (non-hydrogen) atoms. The van der Waals surface area contributed by atoms with Crippen LogP contribution in [0.1, 0.15) is 25.8 Å². The number of hydrogen-bond donors (Lipinski definition) is 1. The highest BCUT2D eigenvalue weighted by molar-refractivity contribution is 7.85. The third-order valence-corrected chi connectivity index (χ3v) is 4.06. The minimum atomic E-state index is -1.07. The van der Waals surface area contributed by atoms with Crippen LogP contribution in [0.5, 0.6) is 0 Å². The molecule has 0 aromatic heterocycles. The monoisotopic (exact) mass is 269 g/mol. The predicted octanol–water partition coefficient (Wildman–Crippen LogP) is 2.75. The van der Waals surface area contributed by atoms with Gasteiger partial charge in [0.1, 0.15) is 0 Å². The van der Waals surface area contributed by atoms with E-state index in [1.807, 2.05) is 25.1 Å². The fraction of sp³-hybridized carbons (Fsp3) is 0.571. The van der Waals surface area contributed by atoms with Crippen LogP contribution in [0.4, 0.5) is 5.69 Å². The first kappa shape index (κ1) is 15.2. The van der Waals surface area contributed by atoms with Crippen molar-refractivity contribution in [2.45, 2.75) is 32.1 Å². The van der Waals surface area contributed by atoms with Gasteiger partial charge in [0.05, 0.1) is 28.1 Å². The molecule has 4 heteroatoms. The molecule has 0 aliphatic carbocycles. The SMILES string of the molecule is Cc1ccc(S(=O)CCOCCC(C)C)c(N)c1. The molecule has 1 atom stereocenters. The van der Waals surface area contributed by atoms with Crippen molar-refractivity contribution in [3.05, 3.63) is 23.8 Å². The highest BCUT2D eigenvalue weighted by Crippen LogP contribution is 2.17. The number of nitrogens with two attached hydrogens (primary N) is 1. The summed E-state index contributed by atoms with van der Waals surface area (Å²) >= 11 is 0. The lowest BCUT2D eigenvalue weighted by Crippen LogP contribution is -2.09. The number of nitrogen functional groups attached to an aromatic ring is 1. The van der Waals surface area contributed by atoms with Crippen molar-refractivity contribution in [3.8, 4) is 0 Å². The summed E-state index contributed by atoms with van der Waals surface area (Å²) in [6, 6.07) is 5.63. The lowest BCUT2D eigenvalue weighted by Gasteiger charge is -2.08. The number of rotatable bonds is 7. The van der Waals surface area contributed by atoms with E-state index in [1.165, 1.54) is 0 Å². The van der Waals surface area contributed by atoms with Gasteiger partial charge in [-0.15, -0.1) is 0 Å². The molecule has 0 aliphatic heterocycles. The fourth-order valence-electron chi connectivity index (χ4n) is 1.54.